The van der Waals surface area contributed by atoms with Crippen molar-refractivity contribution in [1.82, 2.24) is 0 Å². The van der Waals surface area contributed by atoms with Crippen molar-refractivity contribution in [3.8, 4) is 22.3 Å². The van der Waals surface area contributed by atoms with E-state index >= 15 is 0 Å². The van der Waals surface area contributed by atoms with Gasteiger partial charge in [-0.05, 0) is 125 Å². The van der Waals surface area contributed by atoms with Crippen molar-refractivity contribution in [2.24, 2.45) is 0 Å². The summed E-state index contributed by atoms with van der Waals surface area (Å²) in [7, 11) is 0. The second kappa shape index (κ2) is 12.0. The average molecular weight is 648 g/mol. The van der Waals surface area contributed by atoms with Crippen molar-refractivity contribution >= 4 is 70.9 Å². The maximum atomic E-state index is 2.39. The Morgan fingerprint density at radius 3 is 1.33 bits per heavy atom. The highest BCUT2D eigenvalue weighted by Gasteiger charge is 2.17. The molecule has 0 aromatic heterocycles. The number of hydrogen-bond donors (Lipinski definition) is 0. The average Bonchev–Trinajstić information content (AvgIpc) is 3.21. The lowest BCUT2D eigenvalue weighted by Crippen LogP contribution is -2.10. The Morgan fingerprint density at radius 2 is 0.706 bits per heavy atom. The molecule has 0 aliphatic heterocycles. The van der Waals surface area contributed by atoms with E-state index in [9.17, 15) is 0 Å². The molecule has 0 aliphatic rings. The van der Waals surface area contributed by atoms with E-state index < -0.39 is 0 Å². The molecule has 1 nitrogen and oxygen atoms in total. The Kier molecular flexibility index (Phi) is 6.89. The third-order valence-corrected chi connectivity index (χ3v) is 10.4. The number of anilines is 3. The number of nitrogens with zero attached hydrogens (tertiary/aromatic N) is 1. The van der Waals surface area contributed by atoms with Gasteiger partial charge in [0.25, 0.3) is 0 Å². The topological polar surface area (TPSA) is 3.24 Å². The van der Waals surface area contributed by atoms with Crippen LogP contribution in [0.5, 0.6) is 0 Å². The first-order chi connectivity index (χ1) is 25.3. The first kappa shape index (κ1) is 29.2. The lowest BCUT2D eigenvalue weighted by molar-refractivity contribution is 1.29. The molecule has 0 heterocycles. The van der Waals surface area contributed by atoms with Crippen LogP contribution in [0.25, 0.3) is 76.1 Å². The summed E-state index contributed by atoms with van der Waals surface area (Å²) < 4.78 is 0. The van der Waals surface area contributed by atoms with Gasteiger partial charge in [0.15, 0.2) is 0 Å². The van der Waals surface area contributed by atoms with Gasteiger partial charge >= 0.3 is 0 Å². The normalized spacial score (nSPS) is 11.5. The number of hydrogen-bond acceptors (Lipinski definition) is 1. The highest BCUT2D eigenvalue weighted by Crippen LogP contribution is 2.42. The minimum Gasteiger partial charge on any atom is -0.310 e. The molecule has 0 N–H and O–H groups in total. The van der Waals surface area contributed by atoms with Gasteiger partial charge in [-0.1, -0.05) is 152 Å². The van der Waals surface area contributed by atoms with Gasteiger partial charge in [0.05, 0.1) is 0 Å². The molecule has 10 aromatic rings. The standard InChI is InChI=1S/C50H33N/c1-2-13-36-30-42(29-24-34(36)12-1)51(40-27-25-35(26-28-40)49-32-38-14-3-5-18-43(38)45-20-7-9-22-47(45)49)41-17-11-16-37(31-41)50-33-39-15-4-6-19-44(39)46-21-8-10-23-48(46)50/h1-33H. The highest BCUT2D eigenvalue weighted by atomic mass is 15.1. The summed E-state index contributed by atoms with van der Waals surface area (Å²) in [5.41, 5.74) is 8.23. The third-order valence-electron chi connectivity index (χ3n) is 10.4. The molecule has 10 aromatic carbocycles. The Balaban J connectivity index is 1.14. The van der Waals surface area contributed by atoms with Crippen molar-refractivity contribution in [2.75, 3.05) is 4.90 Å². The van der Waals surface area contributed by atoms with Gasteiger partial charge in [0.1, 0.15) is 0 Å². The molecule has 1 heteroatoms. The van der Waals surface area contributed by atoms with Crippen LogP contribution in [-0.2, 0) is 0 Å². The van der Waals surface area contributed by atoms with Gasteiger partial charge in [-0.25, -0.2) is 0 Å². The molecule has 0 saturated carbocycles. The molecule has 0 amide bonds. The molecular weight excluding hydrogens is 615 g/mol. The quantitative estimate of drug-likeness (QED) is 0.168. The van der Waals surface area contributed by atoms with Crippen LogP contribution >= 0.6 is 0 Å². The van der Waals surface area contributed by atoms with E-state index in [1.165, 1.54) is 76.1 Å². The summed E-state index contributed by atoms with van der Waals surface area (Å²) in [6.45, 7) is 0. The van der Waals surface area contributed by atoms with E-state index in [1.54, 1.807) is 0 Å². The molecule has 0 fully saturated rings. The summed E-state index contributed by atoms with van der Waals surface area (Å²) in [4.78, 5) is 2.39. The second-order valence-electron chi connectivity index (χ2n) is 13.3. The largest absolute Gasteiger partial charge is 0.310 e. The Morgan fingerprint density at radius 1 is 0.235 bits per heavy atom. The summed E-state index contributed by atoms with van der Waals surface area (Å²) in [6.07, 6.45) is 0. The lowest BCUT2D eigenvalue weighted by atomic mass is 9.93. The highest BCUT2D eigenvalue weighted by molar-refractivity contribution is 6.15. The van der Waals surface area contributed by atoms with E-state index in [-0.39, 0.29) is 0 Å². The Bertz CT molecular complexity index is 2920. The summed E-state index contributed by atoms with van der Waals surface area (Å²) >= 11 is 0. The zero-order valence-electron chi connectivity index (χ0n) is 28.0. The molecule has 0 unspecified atom stereocenters. The molecule has 0 spiro atoms. The predicted molar refractivity (Wildman–Crippen MR) is 220 cm³/mol. The monoisotopic (exact) mass is 647 g/mol. The summed E-state index contributed by atoms with van der Waals surface area (Å²) in [5, 5.41) is 12.6. The molecule has 0 aliphatic carbocycles. The van der Waals surface area contributed by atoms with Crippen LogP contribution in [0, 0.1) is 0 Å². The number of rotatable bonds is 5. The number of benzene rings is 10. The van der Waals surface area contributed by atoms with Crippen LogP contribution in [0.1, 0.15) is 0 Å². The van der Waals surface area contributed by atoms with Gasteiger partial charge in [-0.2, -0.15) is 0 Å². The molecule has 0 atom stereocenters. The van der Waals surface area contributed by atoms with E-state index in [0.29, 0.717) is 0 Å². The van der Waals surface area contributed by atoms with Crippen molar-refractivity contribution in [2.45, 2.75) is 0 Å². The van der Waals surface area contributed by atoms with Gasteiger partial charge in [0.2, 0.25) is 0 Å². The van der Waals surface area contributed by atoms with E-state index in [0.717, 1.165) is 17.1 Å². The molecule has 0 bridgehead atoms. The Labute approximate surface area is 297 Å². The molecule has 10 rings (SSSR count). The Hall–Kier alpha value is -6.70. The van der Waals surface area contributed by atoms with Gasteiger partial charge < -0.3 is 4.90 Å². The first-order valence-electron chi connectivity index (χ1n) is 17.6. The maximum Gasteiger partial charge on any atom is 0.0468 e. The molecule has 0 saturated heterocycles. The minimum atomic E-state index is 1.11. The van der Waals surface area contributed by atoms with E-state index in [4.69, 9.17) is 0 Å². The fourth-order valence-corrected chi connectivity index (χ4v) is 7.95. The van der Waals surface area contributed by atoms with Gasteiger partial charge in [-0.15, -0.1) is 0 Å². The van der Waals surface area contributed by atoms with Crippen molar-refractivity contribution in [3.05, 3.63) is 200 Å². The van der Waals surface area contributed by atoms with Crippen molar-refractivity contribution in [1.29, 1.82) is 0 Å². The maximum absolute atomic E-state index is 2.39. The van der Waals surface area contributed by atoms with Crippen LogP contribution in [0.3, 0.4) is 0 Å². The lowest BCUT2D eigenvalue weighted by Gasteiger charge is -2.27. The predicted octanol–water partition coefficient (Wildman–Crippen LogP) is 14.3. The zero-order chi connectivity index (χ0) is 33.7. The number of fused-ring (bicyclic) bond motifs is 7. The third kappa shape index (κ3) is 5.02. The van der Waals surface area contributed by atoms with Crippen LogP contribution in [0.15, 0.2) is 200 Å². The zero-order valence-corrected chi connectivity index (χ0v) is 28.0. The van der Waals surface area contributed by atoms with E-state index in [1.807, 2.05) is 0 Å². The fourth-order valence-electron chi connectivity index (χ4n) is 7.95. The summed E-state index contributed by atoms with van der Waals surface area (Å²) in [6, 6.07) is 73.1. The second-order valence-corrected chi connectivity index (χ2v) is 13.3. The van der Waals surface area contributed by atoms with Crippen molar-refractivity contribution < 1.29 is 0 Å². The smallest absolute Gasteiger partial charge is 0.0468 e. The molecule has 238 valence electrons. The van der Waals surface area contributed by atoms with Crippen LogP contribution in [0.2, 0.25) is 0 Å². The van der Waals surface area contributed by atoms with Crippen LogP contribution in [0.4, 0.5) is 17.1 Å². The van der Waals surface area contributed by atoms with Crippen molar-refractivity contribution in [3.63, 3.8) is 0 Å². The molecule has 51 heavy (non-hydrogen) atoms. The first-order valence-corrected chi connectivity index (χ1v) is 17.6. The summed E-state index contributed by atoms with van der Waals surface area (Å²) in [5.74, 6) is 0. The molecule has 0 radical (unpaired) electrons. The molecular formula is C50H33N. The fraction of sp³-hybridized carbons (Fsp3) is 0. The van der Waals surface area contributed by atoms with Crippen LogP contribution in [-0.4, -0.2) is 0 Å². The minimum absolute atomic E-state index is 1.11. The van der Waals surface area contributed by atoms with Crippen LogP contribution < -0.4 is 4.90 Å². The van der Waals surface area contributed by atoms with Gasteiger partial charge in [-0.3, -0.25) is 0 Å². The van der Waals surface area contributed by atoms with E-state index in [2.05, 4.69) is 205 Å². The SMILES string of the molecule is c1cc(-c2cc3ccccc3c3ccccc23)cc(N(c2ccc(-c3cc4ccccc4c4ccccc34)cc2)c2ccc3ccccc3c2)c1. The van der Waals surface area contributed by atoms with Gasteiger partial charge in [0, 0.05) is 17.1 Å².